The molecule has 0 radical (unpaired) electrons. The standard InChI is InChI=1S/C30H26ClFN4O/c1-21(37)34-27-11-5-3-9-25(27)22-14-16-24(17-15-22)36-29-13-7-6-12-28(29)35(30(36)33-19-18-32)20-23-8-2-4-10-26(23)31/h2-17H,18-20H2,1H3,(H,34,37)/b33-30-. The molecule has 0 bridgehead atoms. The second kappa shape index (κ2) is 10.8. The molecule has 1 heterocycles. The minimum Gasteiger partial charge on any atom is -0.326 e. The first-order chi connectivity index (χ1) is 18.1. The smallest absolute Gasteiger partial charge is 0.221 e. The van der Waals surface area contributed by atoms with Gasteiger partial charge in [0.2, 0.25) is 11.5 Å². The number of nitrogens with one attached hydrogen (secondary N) is 1. The summed E-state index contributed by atoms with van der Waals surface area (Å²) in [5.74, 6) is -0.120. The zero-order valence-corrected chi connectivity index (χ0v) is 21.1. The predicted octanol–water partition coefficient (Wildman–Crippen LogP) is 6.63. The van der Waals surface area contributed by atoms with E-state index in [4.69, 9.17) is 11.6 Å². The lowest BCUT2D eigenvalue weighted by molar-refractivity contribution is -0.114. The molecule has 7 heteroatoms. The third-order valence-corrected chi connectivity index (χ3v) is 6.52. The van der Waals surface area contributed by atoms with E-state index in [0.717, 1.165) is 39.1 Å². The first-order valence-electron chi connectivity index (χ1n) is 12.0. The van der Waals surface area contributed by atoms with E-state index in [-0.39, 0.29) is 12.5 Å². The van der Waals surface area contributed by atoms with E-state index < -0.39 is 6.67 Å². The Labute approximate surface area is 219 Å². The average molecular weight is 513 g/mol. The maximum Gasteiger partial charge on any atom is 0.221 e. The Balaban J connectivity index is 1.66. The van der Waals surface area contributed by atoms with Crippen LogP contribution in [0.15, 0.2) is 102 Å². The lowest BCUT2D eigenvalue weighted by Crippen LogP contribution is -2.26. The van der Waals surface area contributed by atoms with Crippen LogP contribution in [0.2, 0.25) is 5.02 Å². The number of hydrogen-bond acceptors (Lipinski definition) is 2. The number of aromatic nitrogens is 2. The van der Waals surface area contributed by atoms with Crippen molar-refractivity contribution in [3.8, 4) is 16.8 Å². The molecule has 37 heavy (non-hydrogen) atoms. The number of amides is 1. The van der Waals surface area contributed by atoms with E-state index in [1.54, 1.807) is 0 Å². The summed E-state index contributed by atoms with van der Waals surface area (Å²) in [7, 11) is 0. The van der Waals surface area contributed by atoms with Gasteiger partial charge in [0.1, 0.15) is 6.67 Å². The van der Waals surface area contributed by atoms with Crippen molar-refractivity contribution >= 4 is 34.2 Å². The first-order valence-corrected chi connectivity index (χ1v) is 12.4. The number of hydrogen-bond donors (Lipinski definition) is 1. The number of halogens is 2. The van der Waals surface area contributed by atoms with Gasteiger partial charge in [-0.15, -0.1) is 0 Å². The zero-order valence-electron chi connectivity index (χ0n) is 20.4. The molecule has 186 valence electrons. The van der Waals surface area contributed by atoms with Crippen LogP contribution in [0.1, 0.15) is 12.5 Å². The van der Waals surface area contributed by atoms with Crippen LogP contribution >= 0.6 is 11.6 Å². The van der Waals surface area contributed by atoms with Gasteiger partial charge in [0.05, 0.1) is 24.1 Å². The number of benzene rings is 4. The number of anilines is 1. The Morgan fingerprint density at radius 1 is 0.892 bits per heavy atom. The van der Waals surface area contributed by atoms with Crippen molar-refractivity contribution in [3.05, 3.63) is 113 Å². The molecular weight excluding hydrogens is 487 g/mol. The highest BCUT2D eigenvalue weighted by Crippen LogP contribution is 2.29. The molecule has 0 saturated carbocycles. The fourth-order valence-corrected chi connectivity index (χ4v) is 4.74. The van der Waals surface area contributed by atoms with Crippen molar-refractivity contribution in [1.29, 1.82) is 0 Å². The third-order valence-electron chi connectivity index (χ3n) is 6.15. The summed E-state index contributed by atoms with van der Waals surface area (Å²) in [5.41, 5.74) is 7.08. The Kier molecular flexibility index (Phi) is 7.19. The summed E-state index contributed by atoms with van der Waals surface area (Å²) >= 11 is 6.49. The molecule has 0 aliphatic carbocycles. The highest BCUT2D eigenvalue weighted by molar-refractivity contribution is 6.31. The maximum absolute atomic E-state index is 13.3. The summed E-state index contributed by atoms with van der Waals surface area (Å²) in [6.07, 6.45) is 0. The van der Waals surface area contributed by atoms with Gasteiger partial charge < -0.3 is 9.88 Å². The van der Waals surface area contributed by atoms with E-state index in [1.807, 2.05) is 102 Å². The van der Waals surface area contributed by atoms with Gasteiger partial charge in [-0.3, -0.25) is 9.36 Å². The van der Waals surface area contributed by atoms with E-state index in [2.05, 4.69) is 14.9 Å². The zero-order chi connectivity index (χ0) is 25.8. The van der Waals surface area contributed by atoms with Crippen LogP contribution in [0.4, 0.5) is 10.1 Å². The van der Waals surface area contributed by atoms with Crippen molar-refractivity contribution in [3.63, 3.8) is 0 Å². The minimum absolute atomic E-state index is 0.0566. The van der Waals surface area contributed by atoms with Crippen LogP contribution < -0.4 is 10.9 Å². The fraction of sp³-hybridized carbons (Fsp3) is 0.133. The number of nitrogens with zero attached hydrogens (tertiary/aromatic N) is 3. The van der Waals surface area contributed by atoms with Crippen LogP contribution in [0.25, 0.3) is 27.8 Å². The summed E-state index contributed by atoms with van der Waals surface area (Å²) in [6, 6.07) is 31.5. The molecule has 1 N–H and O–H groups in total. The fourth-order valence-electron chi connectivity index (χ4n) is 4.55. The number of carbonyl (C=O) groups excluding carboxylic acids is 1. The second-order valence-electron chi connectivity index (χ2n) is 8.65. The van der Waals surface area contributed by atoms with E-state index in [0.29, 0.717) is 17.2 Å². The predicted molar refractivity (Wildman–Crippen MR) is 148 cm³/mol. The van der Waals surface area contributed by atoms with Crippen molar-refractivity contribution in [2.24, 2.45) is 4.99 Å². The topological polar surface area (TPSA) is 51.3 Å². The molecular formula is C30H26ClFN4O. The van der Waals surface area contributed by atoms with Crippen LogP contribution in [0.5, 0.6) is 0 Å². The van der Waals surface area contributed by atoms with E-state index in [1.165, 1.54) is 6.92 Å². The van der Waals surface area contributed by atoms with Gasteiger partial charge in [-0.05, 0) is 47.5 Å². The number of imidazole rings is 1. The Hall–Kier alpha value is -4.16. The van der Waals surface area contributed by atoms with E-state index in [9.17, 15) is 9.18 Å². The molecule has 0 aliphatic heterocycles. The van der Waals surface area contributed by atoms with E-state index >= 15 is 0 Å². The molecule has 4 aromatic carbocycles. The van der Waals surface area contributed by atoms with Gasteiger partial charge in [0.25, 0.3) is 0 Å². The third kappa shape index (κ3) is 5.06. The first kappa shape index (κ1) is 24.5. The molecule has 5 rings (SSSR count). The Morgan fingerprint density at radius 3 is 2.30 bits per heavy atom. The molecule has 0 atom stereocenters. The second-order valence-corrected chi connectivity index (χ2v) is 9.05. The van der Waals surface area contributed by atoms with Gasteiger partial charge in [-0.1, -0.05) is 72.3 Å². The average Bonchev–Trinajstić information content (AvgIpc) is 3.22. The Morgan fingerprint density at radius 2 is 1.57 bits per heavy atom. The molecule has 0 unspecified atom stereocenters. The summed E-state index contributed by atoms with van der Waals surface area (Å²) in [5, 5.41) is 3.57. The molecule has 0 saturated heterocycles. The van der Waals surface area contributed by atoms with Crippen LogP contribution in [0.3, 0.4) is 0 Å². The lowest BCUT2D eigenvalue weighted by Gasteiger charge is -2.12. The quantitative estimate of drug-likeness (QED) is 0.261. The van der Waals surface area contributed by atoms with Crippen LogP contribution in [-0.2, 0) is 11.3 Å². The highest BCUT2D eigenvalue weighted by atomic mass is 35.5. The van der Waals surface area contributed by atoms with Gasteiger partial charge in [0.15, 0.2) is 0 Å². The molecule has 0 aliphatic rings. The molecule has 1 amide bonds. The molecule has 0 spiro atoms. The number of alkyl halides is 1. The number of rotatable bonds is 7. The van der Waals surface area contributed by atoms with Gasteiger partial charge >= 0.3 is 0 Å². The monoisotopic (exact) mass is 512 g/mol. The van der Waals surface area contributed by atoms with Gasteiger partial charge in [0, 0.05) is 28.9 Å². The van der Waals surface area contributed by atoms with Crippen LogP contribution in [-0.4, -0.2) is 28.3 Å². The maximum atomic E-state index is 13.3. The van der Waals surface area contributed by atoms with Crippen molar-refractivity contribution in [2.45, 2.75) is 13.5 Å². The Bertz CT molecular complexity index is 1640. The number of carbonyl (C=O) groups is 1. The molecule has 5 nitrogen and oxygen atoms in total. The summed E-state index contributed by atoms with van der Waals surface area (Å²) in [6.45, 7) is 1.51. The molecule has 0 fully saturated rings. The van der Waals surface area contributed by atoms with Gasteiger partial charge in [-0.2, -0.15) is 0 Å². The highest BCUT2D eigenvalue weighted by Gasteiger charge is 2.15. The lowest BCUT2D eigenvalue weighted by atomic mass is 10.0. The number of para-hydroxylation sites is 3. The largest absolute Gasteiger partial charge is 0.326 e. The van der Waals surface area contributed by atoms with Gasteiger partial charge in [-0.25, -0.2) is 9.38 Å². The van der Waals surface area contributed by atoms with Crippen molar-refractivity contribution in [1.82, 2.24) is 9.13 Å². The number of fused-ring (bicyclic) bond motifs is 1. The summed E-state index contributed by atoms with van der Waals surface area (Å²) in [4.78, 5) is 16.3. The SMILES string of the molecule is CC(=O)Nc1ccccc1-c1ccc(-n2/c(=N\CCF)n(Cc3ccccc3Cl)c3ccccc32)cc1. The van der Waals surface area contributed by atoms with Crippen molar-refractivity contribution < 1.29 is 9.18 Å². The van der Waals surface area contributed by atoms with Crippen LogP contribution in [0, 0.1) is 0 Å². The summed E-state index contributed by atoms with van der Waals surface area (Å²) < 4.78 is 17.4. The molecule has 1 aromatic heterocycles. The normalized spacial score (nSPS) is 11.7. The minimum atomic E-state index is -0.549. The van der Waals surface area contributed by atoms with Crippen molar-refractivity contribution in [2.75, 3.05) is 18.5 Å². The molecule has 5 aromatic rings.